The Balaban J connectivity index is 2.73. The molecule has 0 heterocycles. The van der Waals surface area contributed by atoms with Crippen LogP contribution in [0.1, 0.15) is 0 Å². The minimum Gasteiger partial charge on any atom is -0.495 e. The van der Waals surface area contributed by atoms with Gasteiger partial charge in [0.1, 0.15) is 21.8 Å². The van der Waals surface area contributed by atoms with Gasteiger partial charge in [-0.3, -0.25) is 0 Å². The molecule has 2 rings (SSSR count). The van der Waals surface area contributed by atoms with Crippen molar-refractivity contribution in [3.8, 4) is 22.6 Å². The Morgan fingerprint density at radius 3 is 2.45 bits per heavy atom. The van der Waals surface area contributed by atoms with Crippen molar-refractivity contribution in [1.82, 2.24) is 0 Å². The van der Waals surface area contributed by atoms with Crippen LogP contribution in [0.3, 0.4) is 0 Å². The van der Waals surface area contributed by atoms with Crippen molar-refractivity contribution in [3.63, 3.8) is 0 Å². The van der Waals surface area contributed by atoms with Gasteiger partial charge in [-0.05, 0) is 40.2 Å². The van der Waals surface area contributed by atoms with Gasteiger partial charge in [0.2, 0.25) is 0 Å². The van der Waals surface area contributed by atoms with Gasteiger partial charge >= 0.3 is 0 Å². The van der Waals surface area contributed by atoms with E-state index in [4.69, 9.17) is 26.8 Å². The molecule has 0 saturated heterocycles. The van der Waals surface area contributed by atoms with Crippen LogP contribution < -0.4 is 15.2 Å². The number of ether oxygens (including phenoxy) is 2. The summed E-state index contributed by atoms with van der Waals surface area (Å²) in [5, 5.41) is 0.161. The maximum Gasteiger partial charge on any atom is 0.144 e. The maximum atomic E-state index is 13.6. The standard InChI is InChI=1S/C14H12BrClFNO2/c1-19-11-4-3-8(14(20-2)12(11)15)9-5-7(17)6-10(16)13(9)18/h3-6H,18H2,1-2H3. The van der Waals surface area contributed by atoms with E-state index < -0.39 is 5.82 Å². The Labute approximate surface area is 129 Å². The minimum absolute atomic E-state index is 0.161. The third-order valence-electron chi connectivity index (χ3n) is 2.87. The molecule has 0 amide bonds. The highest BCUT2D eigenvalue weighted by Gasteiger charge is 2.17. The number of hydrogen-bond donors (Lipinski definition) is 1. The molecule has 0 spiro atoms. The van der Waals surface area contributed by atoms with Gasteiger partial charge in [0.25, 0.3) is 0 Å². The predicted molar refractivity (Wildman–Crippen MR) is 82.1 cm³/mol. The first-order chi connectivity index (χ1) is 9.49. The van der Waals surface area contributed by atoms with Gasteiger partial charge in [0.05, 0.1) is 24.9 Å². The van der Waals surface area contributed by atoms with Gasteiger partial charge < -0.3 is 15.2 Å². The zero-order chi connectivity index (χ0) is 14.9. The lowest BCUT2D eigenvalue weighted by Gasteiger charge is -2.15. The van der Waals surface area contributed by atoms with Crippen LogP contribution in [-0.2, 0) is 0 Å². The molecule has 6 heteroatoms. The highest BCUT2D eigenvalue weighted by atomic mass is 79.9. The van der Waals surface area contributed by atoms with E-state index in [0.29, 0.717) is 32.8 Å². The van der Waals surface area contributed by atoms with Crippen LogP contribution >= 0.6 is 27.5 Å². The van der Waals surface area contributed by atoms with Crippen LogP contribution in [0.4, 0.5) is 10.1 Å². The normalized spacial score (nSPS) is 10.4. The smallest absolute Gasteiger partial charge is 0.144 e. The van der Waals surface area contributed by atoms with Gasteiger partial charge in [-0.25, -0.2) is 4.39 Å². The molecular formula is C14H12BrClFNO2. The maximum absolute atomic E-state index is 13.6. The highest BCUT2D eigenvalue weighted by molar-refractivity contribution is 9.10. The number of nitrogens with two attached hydrogens (primary N) is 1. The lowest BCUT2D eigenvalue weighted by atomic mass is 10.0. The lowest BCUT2D eigenvalue weighted by Crippen LogP contribution is -1.97. The molecule has 0 aromatic heterocycles. The first-order valence-electron chi connectivity index (χ1n) is 5.65. The van der Waals surface area contributed by atoms with Gasteiger partial charge in [0, 0.05) is 11.1 Å². The SMILES string of the molecule is COc1ccc(-c2cc(F)cc(Cl)c2N)c(OC)c1Br. The fourth-order valence-corrected chi connectivity index (χ4v) is 2.79. The Morgan fingerprint density at radius 2 is 1.85 bits per heavy atom. The van der Waals surface area contributed by atoms with Gasteiger partial charge in [-0.15, -0.1) is 0 Å². The second kappa shape index (κ2) is 5.89. The van der Waals surface area contributed by atoms with Crippen molar-refractivity contribution in [2.45, 2.75) is 0 Å². The zero-order valence-electron chi connectivity index (χ0n) is 10.8. The van der Waals surface area contributed by atoms with Crippen molar-refractivity contribution in [2.75, 3.05) is 20.0 Å². The molecule has 3 nitrogen and oxygen atoms in total. The number of hydrogen-bond acceptors (Lipinski definition) is 3. The van der Waals surface area contributed by atoms with Crippen LogP contribution in [-0.4, -0.2) is 14.2 Å². The Hall–Kier alpha value is -1.46. The molecule has 20 heavy (non-hydrogen) atoms. The van der Waals surface area contributed by atoms with Crippen molar-refractivity contribution in [3.05, 3.63) is 39.6 Å². The number of benzene rings is 2. The second-order valence-electron chi connectivity index (χ2n) is 4.01. The van der Waals surface area contributed by atoms with E-state index >= 15 is 0 Å². The summed E-state index contributed by atoms with van der Waals surface area (Å²) in [4.78, 5) is 0. The molecular weight excluding hydrogens is 349 g/mol. The lowest BCUT2D eigenvalue weighted by molar-refractivity contribution is 0.390. The van der Waals surface area contributed by atoms with Gasteiger partial charge in [-0.1, -0.05) is 11.6 Å². The van der Waals surface area contributed by atoms with E-state index in [-0.39, 0.29) is 5.02 Å². The van der Waals surface area contributed by atoms with E-state index in [0.717, 1.165) is 0 Å². The van der Waals surface area contributed by atoms with Crippen LogP contribution in [0.15, 0.2) is 28.7 Å². The van der Waals surface area contributed by atoms with Crippen molar-refractivity contribution in [1.29, 1.82) is 0 Å². The first kappa shape index (κ1) is 14.9. The van der Waals surface area contributed by atoms with Crippen LogP contribution in [0.2, 0.25) is 5.02 Å². The monoisotopic (exact) mass is 359 g/mol. The Kier molecular flexibility index (Phi) is 4.40. The summed E-state index contributed by atoms with van der Waals surface area (Å²) in [5.41, 5.74) is 7.31. The second-order valence-corrected chi connectivity index (χ2v) is 5.21. The molecule has 106 valence electrons. The molecule has 0 aliphatic rings. The molecule has 0 aliphatic carbocycles. The molecule has 2 N–H and O–H groups in total. The fourth-order valence-electron chi connectivity index (χ4n) is 1.91. The Morgan fingerprint density at radius 1 is 1.15 bits per heavy atom. The van der Waals surface area contributed by atoms with Crippen LogP contribution in [0.25, 0.3) is 11.1 Å². The summed E-state index contributed by atoms with van der Waals surface area (Å²) in [5.74, 6) is 0.637. The number of halogens is 3. The predicted octanol–water partition coefficient (Wildman–Crippen LogP) is 4.51. The average Bonchev–Trinajstić information content (AvgIpc) is 2.42. The first-order valence-corrected chi connectivity index (χ1v) is 6.82. The summed E-state index contributed by atoms with van der Waals surface area (Å²) in [6, 6.07) is 5.97. The van der Waals surface area contributed by atoms with E-state index in [2.05, 4.69) is 15.9 Å². The van der Waals surface area contributed by atoms with Crippen molar-refractivity contribution >= 4 is 33.2 Å². The molecule has 0 unspecified atom stereocenters. The quantitative estimate of drug-likeness (QED) is 0.819. The number of anilines is 1. The molecule has 0 bridgehead atoms. The number of methoxy groups -OCH3 is 2. The van der Waals surface area contributed by atoms with E-state index in [1.165, 1.54) is 19.2 Å². The molecule has 0 aliphatic heterocycles. The molecule has 0 fully saturated rings. The summed E-state index contributed by atoms with van der Waals surface area (Å²) in [7, 11) is 3.06. The molecule has 2 aromatic rings. The van der Waals surface area contributed by atoms with Gasteiger partial charge in [0.15, 0.2) is 0 Å². The van der Waals surface area contributed by atoms with E-state index in [1.54, 1.807) is 19.2 Å². The summed E-state index contributed by atoms with van der Waals surface area (Å²) >= 11 is 9.31. The third-order valence-corrected chi connectivity index (χ3v) is 3.93. The van der Waals surface area contributed by atoms with E-state index in [1.807, 2.05) is 0 Å². The summed E-state index contributed by atoms with van der Waals surface area (Å²) in [6.07, 6.45) is 0. The molecule has 0 radical (unpaired) electrons. The minimum atomic E-state index is -0.465. The van der Waals surface area contributed by atoms with Gasteiger partial charge in [-0.2, -0.15) is 0 Å². The summed E-state index contributed by atoms with van der Waals surface area (Å²) < 4.78 is 24.7. The molecule has 0 atom stereocenters. The largest absolute Gasteiger partial charge is 0.495 e. The van der Waals surface area contributed by atoms with Crippen LogP contribution in [0, 0.1) is 5.82 Å². The molecule has 2 aromatic carbocycles. The topological polar surface area (TPSA) is 44.5 Å². The van der Waals surface area contributed by atoms with Crippen molar-refractivity contribution in [2.24, 2.45) is 0 Å². The number of nitrogen functional groups attached to an aromatic ring is 1. The zero-order valence-corrected chi connectivity index (χ0v) is 13.2. The summed E-state index contributed by atoms with van der Waals surface area (Å²) in [6.45, 7) is 0. The number of rotatable bonds is 3. The fraction of sp³-hybridized carbons (Fsp3) is 0.143. The Bertz CT molecular complexity index is 664. The van der Waals surface area contributed by atoms with E-state index in [9.17, 15) is 4.39 Å². The average molecular weight is 361 g/mol. The third kappa shape index (κ3) is 2.55. The van der Waals surface area contributed by atoms with Crippen molar-refractivity contribution < 1.29 is 13.9 Å². The van der Waals surface area contributed by atoms with Crippen LogP contribution in [0.5, 0.6) is 11.5 Å². The molecule has 0 saturated carbocycles. The highest BCUT2D eigenvalue weighted by Crippen LogP contribution is 2.44.